The molecule has 1 fully saturated rings. The summed E-state index contributed by atoms with van der Waals surface area (Å²) >= 11 is 0. The maximum atomic E-state index is 11.5. The third-order valence-electron chi connectivity index (χ3n) is 2.78. The molecule has 16 heavy (non-hydrogen) atoms. The van der Waals surface area contributed by atoms with Crippen LogP contribution in [0.5, 0.6) is 0 Å². The van der Waals surface area contributed by atoms with Gasteiger partial charge in [0, 0.05) is 6.08 Å². The zero-order valence-electron chi connectivity index (χ0n) is 9.40. The SMILES string of the molecule is C/C=C/C=C/C(=O)NC1(C(=O)O)CCCC1. The van der Waals surface area contributed by atoms with Crippen LogP contribution in [0.2, 0.25) is 0 Å². The number of amides is 1. The van der Waals surface area contributed by atoms with Crippen molar-refractivity contribution in [1.29, 1.82) is 0 Å². The average molecular weight is 223 g/mol. The monoisotopic (exact) mass is 223 g/mol. The van der Waals surface area contributed by atoms with Crippen molar-refractivity contribution in [3.8, 4) is 0 Å². The first kappa shape index (κ1) is 12.5. The molecular formula is C12H17NO3. The minimum atomic E-state index is -1.04. The Bertz CT molecular complexity index is 325. The van der Waals surface area contributed by atoms with Crippen LogP contribution in [-0.2, 0) is 9.59 Å². The number of carboxylic acids is 1. The van der Waals surface area contributed by atoms with Crippen LogP contribution in [0.25, 0.3) is 0 Å². The summed E-state index contributed by atoms with van der Waals surface area (Å²) in [5.41, 5.74) is -1.04. The second-order valence-electron chi connectivity index (χ2n) is 3.97. The summed E-state index contributed by atoms with van der Waals surface area (Å²) in [6.07, 6.45) is 9.21. The minimum Gasteiger partial charge on any atom is -0.480 e. The van der Waals surface area contributed by atoms with Gasteiger partial charge in [0.15, 0.2) is 0 Å². The number of carboxylic acid groups (broad SMARTS) is 1. The van der Waals surface area contributed by atoms with Gasteiger partial charge < -0.3 is 10.4 Å². The lowest BCUT2D eigenvalue weighted by atomic mass is 9.98. The summed E-state index contributed by atoms with van der Waals surface area (Å²) in [6.45, 7) is 1.85. The summed E-state index contributed by atoms with van der Waals surface area (Å²) in [5.74, 6) is -1.28. The molecule has 1 amide bonds. The molecule has 0 radical (unpaired) electrons. The van der Waals surface area contributed by atoms with E-state index in [1.165, 1.54) is 6.08 Å². The summed E-state index contributed by atoms with van der Waals surface area (Å²) in [6, 6.07) is 0. The molecule has 0 atom stereocenters. The van der Waals surface area contributed by atoms with E-state index < -0.39 is 11.5 Å². The van der Waals surface area contributed by atoms with Crippen molar-refractivity contribution in [3.63, 3.8) is 0 Å². The second-order valence-corrected chi connectivity index (χ2v) is 3.97. The summed E-state index contributed by atoms with van der Waals surface area (Å²) < 4.78 is 0. The van der Waals surface area contributed by atoms with E-state index in [0.717, 1.165) is 12.8 Å². The van der Waals surface area contributed by atoms with Crippen LogP contribution in [0.3, 0.4) is 0 Å². The fourth-order valence-corrected chi connectivity index (χ4v) is 1.90. The number of nitrogens with one attached hydrogen (secondary N) is 1. The third kappa shape index (κ3) is 2.95. The van der Waals surface area contributed by atoms with Gasteiger partial charge in [0.2, 0.25) is 5.91 Å². The van der Waals surface area contributed by atoms with E-state index in [2.05, 4.69) is 5.32 Å². The van der Waals surface area contributed by atoms with Crippen LogP contribution in [0, 0.1) is 0 Å². The molecule has 0 aromatic rings. The molecule has 1 rings (SSSR count). The topological polar surface area (TPSA) is 66.4 Å². The molecule has 1 aliphatic carbocycles. The summed E-state index contributed by atoms with van der Waals surface area (Å²) in [4.78, 5) is 22.6. The molecule has 0 unspecified atom stereocenters. The Morgan fingerprint density at radius 1 is 1.25 bits per heavy atom. The van der Waals surface area contributed by atoms with Gasteiger partial charge in [0.25, 0.3) is 0 Å². The quantitative estimate of drug-likeness (QED) is 0.562. The largest absolute Gasteiger partial charge is 0.480 e. The number of allylic oxidation sites excluding steroid dienone is 3. The Morgan fingerprint density at radius 3 is 2.38 bits per heavy atom. The predicted molar refractivity (Wildman–Crippen MR) is 60.9 cm³/mol. The van der Waals surface area contributed by atoms with E-state index in [0.29, 0.717) is 12.8 Å². The van der Waals surface area contributed by atoms with Crippen molar-refractivity contribution in [2.24, 2.45) is 0 Å². The van der Waals surface area contributed by atoms with E-state index in [-0.39, 0.29) is 5.91 Å². The van der Waals surface area contributed by atoms with Crippen molar-refractivity contribution in [2.75, 3.05) is 0 Å². The number of hydrogen-bond donors (Lipinski definition) is 2. The number of carbonyl (C=O) groups excluding carboxylic acids is 1. The lowest BCUT2D eigenvalue weighted by Crippen LogP contribution is -2.52. The van der Waals surface area contributed by atoms with Gasteiger partial charge in [0.05, 0.1) is 0 Å². The van der Waals surface area contributed by atoms with Gasteiger partial charge in [-0.3, -0.25) is 4.79 Å². The molecular weight excluding hydrogens is 206 g/mol. The van der Waals surface area contributed by atoms with Crippen LogP contribution in [0.15, 0.2) is 24.3 Å². The zero-order chi connectivity index (χ0) is 12.0. The van der Waals surface area contributed by atoms with E-state index in [9.17, 15) is 9.59 Å². The molecule has 0 spiro atoms. The highest BCUT2D eigenvalue weighted by Gasteiger charge is 2.42. The van der Waals surface area contributed by atoms with Gasteiger partial charge in [-0.2, -0.15) is 0 Å². The minimum absolute atomic E-state index is 0.345. The Balaban J connectivity index is 2.63. The van der Waals surface area contributed by atoms with E-state index in [1.54, 1.807) is 18.2 Å². The first-order valence-corrected chi connectivity index (χ1v) is 5.45. The first-order chi connectivity index (χ1) is 7.60. The maximum absolute atomic E-state index is 11.5. The lowest BCUT2D eigenvalue weighted by molar-refractivity contribution is -0.146. The molecule has 0 aromatic carbocycles. The molecule has 0 heterocycles. The molecule has 4 heteroatoms. The van der Waals surface area contributed by atoms with Crippen LogP contribution >= 0.6 is 0 Å². The molecule has 0 aliphatic heterocycles. The Morgan fingerprint density at radius 2 is 1.88 bits per heavy atom. The van der Waals surface area contributed by atoms with Gasteiger partial charge in [0.1, 0.15) is 5.54 Å². The highest BCUT2D eigenvalue weighted by molar-refractivity contribution is 5.93. The van der Waals surface area contributed by atoms with Gasteiger partial charge in [-0.15, -0.1) is 0 Å². The molecule has 4 nitrogen and oxygen atoms in total. The normalized spacial score (nSPS) is 19.3. The molecule has 0 aromatic heterocycles. The highest BCUT2D eigenvalue weighted by atomic mass is 16.4. The first-order valence-electron chi connectivity index (χ1n) is 5.45. The fraction of sp³-hybridized carbons (Fsp3) is 0.500. The average Bonchev–Trinajstić information content (AvgIpc) is 2.68. The molecule has 2 N–H and O–H groups in total. The van der Waals surface area contributed by atoms with Gasteiger partial charge in [-0.1, -0.05) is 31.1 Å². The van der Waals surface area contributed by atoms with Crippen LogP contribution in [0.1, 0.15) is 32.6 Å². The van der Waals surface area contributed by atoms with Crippen LogP contribution < -0.4 is 5.32 Å². The standard InChI is InChI=1S/C12H17NO3/c1-2-3-4-7-10(14)13-12(11(15)16)8-5-6-9-12/h2-4,7H,5-6,8-9H2,1H3,(H,13,14)(H,15,16)/b3-2+,7-4+. The molecule has 1 saturated carbocycles. The Hall–Kier alpha value is -1.58. The maximum Gasteiger partial charge on any atom is 0.329 e. The number of carbonyl (C=O) groups is 2. The second kappa shape index (κ2) is 5.49. The summed E-state index contributed by atoms with van der Waals surface area (Å²) in [7, 11) is 0. The number of rotatable bonds is 4. The number of aliphatic carboxylic acids is 1. The highest BCUT2D eigenvalue weighted by Crippen LogP contribution is 2.29. The van der Waals surface area contributed by atoms with Gasteiger partial charge in [-0.25, -0.2) is 4.79 Å². The predicted octanol–water partition coefficient (Wildman–Crippen LogP) is 1.63. The lowest BCUT2D eigenvalue weighted by Gasteiger charge is -2.24. The molecule has 0 saturated heterocycles. The molecule has 88 valence electrons. The zero-order valence-corrected chi connectivity index (χ0v) is 9.40. The summed E-state index contributed by atoms with van der Waals surface area (Å²) in [5, 5.41) is 11.7. The Labute approximate surface area is 95.0 Å². The smallest absolute Gasteiger partial charge is 0.329 e. The van der Waals surface area contributed by atoms with Gasteiger partial charge in [-0.05, 0) is 19.8 Å². The van der Waals surface area contributed by atoms with Crippen molar-refractivity contribution < 1.29 is 14.7 Å². The van der Waals surface area contributed by atoms with E-state index >= 15 is 0 Å². The van der Waals surface area contributed by atoms with Crippen molar-refractivity contribution in [3.05, 3.63) is 24.3 Å². The van der Waals surface area contributed by atoms with Crippen LogP contribution in [0.4, 0.5) is 0 Å². The molecule has 0 bridgehead atoms. The van der Waals surface area contributed by atoms with Crippen molar-refractivity contribution in [1.82, 2.24) is 5.32 Å². The molecule has 1 aliphatic rings. The third-order valence-corrected chi connectivity index (χ3v) is 2.78. The van der Waals surface area contributed by atoms with E-state index in [4.69, 9.17) is 5.11 Å². The van der Waals surface area contributed by atoms with Crippen molar-refractivity contribution >= 4 is 11.9 Å². The van der Waals surface area contributed by atoms with Crippen LogP contribution in [-0.4, -0.2) is 22.5 Å². The van der Waals surface area contributed by atoms with Gasteiger partial charge >= 0.3 is 5.97 Å². The fourth-order valence-electron chi connectivity index (χ4n) is 1.90. The van der Waals surface area contributed by atoms with E-state index in [1.807, 2.05) is 6.92 Å². The Kier molecular flexibility index (Phi) is 4.28. The van der Waals surface area contributed by atoms with Crippen molar-refractivity contribution in [2.45, 2.75) is 38.1 Å². The number of hydrogen-bond acceptors (Lipinski definition) is 2.